The van der Waals surface area contributed by atoms with Gasteiger partial charge in [-0.3, -0.25) is 0 Å². The fourth-order valence-corrected chi connectivity index (χ4v) is 2.57. The van der Waals surface area contributed by atoms with Crippen LogP contribution in [0.15, 0.2) is 24.0 Å². The van der Waals surface area contributed by atoms with Gasteiger partial charge in [0.05, 0.1) is 5.56 Å². The summed E-state index contributed by atoms with van der Waals surface area (Å²) < 4.78 is 5.50. The Kier molecular flexibility index (Phi) is 3.85. The van der Waals surface area contributed by atoms with Crippen LogP contribution in [-0.2, 0) is 4.74 Å². The molecule has 2 heteroatoms. The van der Waals surface area contributed by atoms with Crippen LogP contribution < -0.4 is 0 Å². The highest BCUT2D eigenvalue weighted by Crippen LogP contribution is 2.22. The predicted octanol–water partition coefficient (Wildman–Crippen LogP) is 4.23. The summed E-state index contributed by atoms with van der Waals surface area (Å²) in [5.41, 5.74) is 3.88. The van der Waals surface area contributed by atoms with Crippen LogP contribution in [0.2, 0.25) is 0 Å². The van der Waals surface area contributed by atoms with Gasteiger partial charge in [0.25, 0.3) is 0 Å². The van der Waals surface area contributed by atoms with E-state index in [2.05, 4.69) is 0 Å². The first-order valence-electron chi connectivity index (χ1n) is 6.57. The van der Waals surface area contributed by atoms with E-state index in [-0.39, 0.29) is 5.97 Å². The van der Waals surface area contributed by atoms with Gasteiger partial charge >= 0.3 is 5.97 Å². The fraction of sp³-hybridized carbons (Fsp3) is 0.438. The maximum Gasteiger partial charge on any atom is 0.343 e. The molecule has 2 rings (SSSR count). The Morgan fingerprint density at radius 3 is 2.33 bits per heavy atom. The van der Waals surface area contributed by atoms with Gasteiger partial charge in [-0.25, -0.2) is 4.79 Å². The second kappa shape index (κ2) is 5.38. The van der Waals surface area contributed by atoms with Gasteiger partial charge in [-0.1, -0.05) is 17.7 Å². The maximum atomic E-state index is 12.2. The van der Waals surface area contributed by atoms with Crippen LogP contribution in [0, 0.1) is 20.8 Å². The molecular weight excluding hydrogens is 224 g/mol. The van der Waals surface area contributed by atoms with Gasteiger partial charge in [0, 0.05) is 6.42 Å². The van der Waals surface area contributed by atoms with Crippen LogP contribution >= 0.6 is 0 Å². The Morgan fingerprint density at radius 2 is 1.78 bits per heavy atom. The molecule has 0 unspecified atom stereocenters. The molecule has 0 amide bonds. The molecule has 0 heterocycles. The van der Waals surface area contributed by atoms with Gasteiger partial charge < -0.3 is 4.74 Å². The number of carbonyl (C=O) groups is 1. The molecule has 1 aromatic carbocycles. The molecule has 0 saturated carbocycles. The van der Waals surface area contributed by atoms with E-state index in [1.807, 2.05) is 39.0 Å². The minimum absolute atomic E-state index is 0.210. The van der Waals surface area contributed by atoms with E-state index >= 15 is 0 Å². The largest absolute Gasteiger partial charge is 0.428 e. The summed E-state index contributed by atoms with van der Waals surface area (Å²) in [6, 6.07) is 4.05. The van der Waals surface area contributed by atoms with Gasteiger partial charge in [0.15, 0.2) is 0 Å². The Hall–Kier alpha value is -1.57. The fourth-order valence-electron chi connectivity index (χ4n) is 2.57. The van der Waals surface area contributed by atoms with Crippen LogP contribution in [-0.4, -0.2) is 5.97 Å². The molecular formula is C16H20O2. The molecule has 0 aromatic heterocycles. The average Bonchev–Trinajstić information content (AvgIpc) is 2.28. The van der Waals surface area contributed by atoms with Crippen molar-refractivity contribution in [3.8, 4) is 0 Å². The minimum atomic E-state index is -0.210. The summed E-state index contributed by atoms with van der Waals surface area (Å²) in [7, 11) is 0. The van der Waals surface area contributed by atoms with E-state index in [1.165, 1.54) is 12.0 Å². The molecule has 0 aliphatic heterocycles. The van der Waals surface area contributed by atoms with Gasteiger partial charge in [0.1, 0.15) is 5.76 Å². The molecule has 0 atom stereocenters. The third kappa shape index (κ3) is 2.81. The lowest BCUT2D eigenvalue weighted by molar-refractivity contribution is 0.0606. The van der Waals surface area contributed by atoms with Crippen molar-refractivity contribution in [1.82, 2.24) is 0 Å². The van der Waals surface area contributed by atoms with Crippen LogP contribution in [0.3, 0.4) is 0 Å². The number of hydrogen-bond donors (Lipinski definition) is 0. The summed E-state index contributed by atoms with van der Waals surface area (Å²) in [5, 5.41) is 0. The van der Waals surface area contributed by atoms with Crippen molar-refractivity contribution in [2.24, 2.45) is 0 Å². The standard InChI is InChI=1S/C16H20O2/c1-11-9-12(2)15(13(3)10-11)16(17)18-14-7-5-4-6-8-14/h7,9-10H,4-6,8H2,1-3H3. The third-order valence-corrected chi connectivity index (χ3v) is 3.35. The molecule has 96 valence electrons. The summed E-state index contributed by atoms with van der Waals surface area (Å²) in [6.45, 7) is 5.97. The molecule has 1 aliphatic rings. The van der Waals surface area contributed by atoms with Crippen molar-refractivity contribution in [1.29, 1.82) is 0 Å². The van der Waals surface area contributed by atoms with Crippen molar-refractivity contribution in [2.75, 3.05) is 0 Å². The first kappa shape index (κ1) is 12.9. The summed E-state index contributed by atoms with van der Waals surface area (Å²) >= 11 is 0. The van der Waals surface area contributed by atoms with Crippen molar-refractivity contribution in [3.05, 3.63) is 46.2 Å². The van der Waals surface area contributed by atoms with Crippen LogP contribution in [0.5, 0.6) is 0 Å². The highest BCUT2D eigenvalue weighted by atomic mass is 16.5. The third-order valence-electron chi connectivity index (χ3n) is 3.35. The minimum Gasteiger partial charge on any atom is -0.428 e. The number of ether oxygens (including phenoxy) is 1. The highest BCUT2D eigenvalue weighted by molar-refractivity contribution is 5.93. The Labute approximate surface area is 109 Å². The quantitative estimate of drug-likeness (QED) is 0.728. The predicted molar refractivity (Wildman–Crippen MR) is 72.6 cm³/mol. The SMILES string of the molecule is Cc1cc(C)c(C(=O)OC2=CCCCC2)c(C)c1. The topological polar surface area (TPSA) is 26.3 Å². The molecule has 0 saturated heterocycles. The lowest BCUT2D eigenvalue weighted by Crippen LogP contribution is -2.10. The second-order valence-corrected chi connectivity index (χ2v) is 5.08. The summed E-state index contributed by atoms with van der Waals surface area (Å²) in [4.78, 5) is 12.2. The molecule has 0 bridgehead atoms. The molecule has 18 heavy (non-hydrogen) atoms. The van der Waals surface area contributed by atoms with Crippen LogP contribution in [0.25, 0.3) is 0 Å². The van der Waals surface area contributed by atoms with E-state index < -0.39 is 0 Å². The van der Waals surface area contributed by atoms with Crippen molar-refractivity contribution < 1.29 is 9.53 Å². The number of hydrogen-bond acceptors (Lipinski definition) is 2. The summed E-state index contributed by atoms with van der Waals surface area (Å²) in [5.74, 6) is 0.628. The monoisotopic (exact) mass is 244 g/mol. The zero-order chi connectivity index (χ0) is 13.1. The highest BCUT2D eigenvalue weighted by Gasteiger charge is 2.17. The van der Waals surface area contributed by atoms with Gasteiger partial charge in [0.2, 0.25) is 0 Å². The number of allylic oxidation sites excluding steroid dienone is 2. The molecule has 2 nitrogen and oxygen atoms in total. The van der Waals surface area contributed by atoms with E-state index in [0.717, 1.165) is 36.1 Å². The van der Waals surface area contributed by atoms with Crippen LogP contribution in [0.1, 0.15) is 52.7 Å². The van der Waals surface area contributed by atoms with E-state index in [1.54, 1.807) is 0 Å². The normalized spacial score (nSPS) is 15.2. The van der Waals surface area contributed by atoms with E-state index in [0.29, 0.717) is 5.56 Å². The van der Waals surface area contributed by atoms with Gasteiger partial charge in [-0.05, 0) is 57.2 Å². The molecule has 1 aliphatic carbocycles. The number of benzene rings is 1. The molecule has 0 spiro atoms. The Balaban J connectivity index is 2.21. The smallest absolute Gasteiger partial charge is 0.343 e. The summed E-state index contributed by atoms with van der Waals surface area (Å²) in [6.07, 6.45) is 6.26. The van der Waals surface area contributed by atoms with Gasteiger partial charge in [-0.2, -0.15) is 0 Å². The number of carbonyl (C=O) groups excluding carboxylic acids is 1. The maximum absolute atomic E-state index is 12.2. The zero-order valence-corrected chi connectivity index (χ0v) is 11.4. The average molecular weight is 244 g/mol. The second-order valence-electron chi connectivity index (χ2n) is 5.08. The lowest BCUT2D eigenvalue weighted by atomic mass is 10.00. The van der Waals surface area contributed by atoms with Crippen molar-refractivity contribution >= 4 is 5.97 Å². The first-order valence-corrected chi connectivity index (χ1v) is 6.57. The lowest BCUT2D eigenvalue weighted by Gasteiger charge is -2.15. The number of rotatable bonds is 2. The molecule has 0 radical (unpaired) electrons. The Morgan fingerprint density at radius 1 is 1.11 bits per heavy atom. The van der Waals surface area contributed by atoms with Crippen LogP contribution in [0.4, 0.5) is 0 Å². The first-order chi connectivity index (χ1) is 8.58. The van der Waals surface area contributed by atoms with E-state index in [9.17, 15) is 4.79 Å². The number of esters is 1. The molecule has 0 N–H and O–H groups in total. The van der Waals surface area contributed by atoms with Gasteiger partial charge in [-0.15, -0.1) is 0 Å². The number of aryl methyl sites for hydroxylation is 3. The Bertz CT molecular complexity index is 475. The van der Waals surface area contributed by atoms with Crippen molar-refractivity contribution in [2.45, 2.75) is 46.5 Å². The molecule has 0 fully saturated rings. The van der Waals surface area contributed by atoms with E-state index in [4.69, 9.17) is 4.74 Å². The zero-order valence-electron chi connectivity index (χ0n) is 11.4. The van der Waals surface area contributed by atoms with Crippen molar-refractivity contribution in [3.63, 3.8) is 0 Å². The molecule has 1 aromatic rings.